The van der Waals surface area contributed by atoms with Crippen molar-refractivity contribution in [2.75, 3.05) is 7.11 Å². The van der Waals surface area contributed by atoms with E-state index in [9.17, 15) is 0 Å². The average Bonchev–Trinajstić information content (AvgIpc) is 2.43. The molecule has 0 radical (unpaired) electrons. The Bertz CT molecular complexity index is 464. The van der Waals surface area contributed by atoms with E-state index in [4.69, 9.17) is 4.74 Å². The van der Waals surface area contributed by atoms with Crippen LogP contribution in [0, 0.1) is 6.92 Å². The third kappa shape index (κ3) is 3.71. The maximum atomic E-state index is 5.60. The van der Waals surface area contributed by atoms with Gasteiger partial charge in [0.05, 0.1) is 0 Å². The van der Waals surface area contributed by atoms with Crippen molar-refractivity contribution >= 4 is 19.4 Å². The molecule has 0 heterocycles. The molecule has 0 aliphatic heterocycles. The van der Waals surface area contributed by atoms with Gasteiger partial charge in [-0.2, -0.15) is 0 Å². The zero-order valence-electron chi connectivity index (χ0n) is 10.8. The first-order valence-electron chi connectivity index (χ1n) is 6.07. The summed E-state index contributed by atoms with van der Waals surface area (Å²) in [5.74, 6) is 0. The van der Waals surface area contributed by atoms with Crippen molar-refractivity contribution in [1.82, 2.24) is 0 Å². The minimum atomic E-state index is 0.215. The molecule has 2 aromatic rings. The van der Waals surface area contributed by atoms with Gasteiger partial charge < -0.3 is 0 Å². The van der Waals surface area contributed by atoms with Crippen molar-refractivity contribution in [1.29, 1.82) is 0 Å². The fraction of sp³-hybridized carbons (Fsp3) is 0.250. The first-order chi connectivity index (χ1) is 8.79. The van der Waals surface area contributed by atoms with Crippen molar-refractivity contribution in [2.24, 2.45) is 0 Å². The SMILES string of the molecule is COC(C[Se]c1ccc(C)cc1)c1ccccc1. The van der Waals surface area contributed by atoms with Crippen molar-refractivity contribution in [3.05, 3.63) is 65.7 Å². The second-order valence-corrected chi connectivity index (χ2v) is 6.55. The van der Waals surface area contributed by atoms with Crippen molar-refractivity contribution in [3.63, 3.8) is 0 Å². The summed E-state index contributed by atoms with van der Waals surface area (Å²) in [5, 5.41) is 1.08. The summed E-state index contributed by atoms with van der Waals surface area (Å²) < 4.78 is 7.03. The van der Waals surface area contributed by atoms with E-state index in [-0.39, 0.29) is 6.10 Å². The van der Waals surface area contributed by atoms with Gasteiger partial charge in [-0.1, -0.05) is 0 Å². The van der Waals surface area contributed by atoms with Crippen LogP contribution in [0.5, 0.6) is 0 Å². The van der Waals surface area contributed by atoms with Crippen LogP contribution in [0.25, 0.3) is 0 Å². The summed E-state index contributed by atoms with van der Waals surface area (Å²) in [4.78, 5) is 0. The van der Waals surface area contributed by atoms with Gasteiger partial charge in [-0.15, -0.1) is 0 Å². The van der Waals surface area contributed by atoms with E-state index >= 15 is 0 Å². The van der Waals surface area contributed by atoms with E-state index in [1.54, 1.807) is 7.11 Å². The van der Waals surface area contributed by atoms with Crippen LogP contribution in [0.2, 0.25) is 5.32 Å². The molecule has 0 saturated carbocycles. The van der Waals surface area contributed by atoms with E-state index < -0.39 is 0 Å². The Morgan fingerprint density at radius 3 is 2.28 bits per heavy atom. The van der Waals surface area contributed by atoms with E-state index in [1.165, 1.54) is 15.6 Å². The van der Waals surface area contributed by atoms with Crippen LogP contribution in [0.1, 0.15) is 17.2 Å². The van der Waals surface area contributed by atoms with E-state index in [1.807, 2.05) is 6.07 Å². The molecule has 1 nitrogen and oxygen atoms in total. The van der Waals surface area contributed by atoms with E-state index in [2.05, 4.69) is 55.5 Å². The predicted molar refractivity (Wildman–Crippen MR) is 77.6 cm³/mol. The monoisotopic (exact) mass is 306 g/mol. The Kier molecular flexibility index (Phi) is 5.00. The molecule has 0 N–H and O–H groups in total. The Hall–Kier alpha value is -1.08. The first-order valence-corrected chi connectivity index (χ1v) is 8.13. The molecule has 0 spiro atoms. The molecule has 2 heteroatoms. The zero-order valence-corrected chi connectivity index (χ0v) is 12.5. The third-order valence-electron chi connectivity index (χ3n) is 2.88. The molecule has 0 aliphatic rings. The summed E-state index contributed by atoms with van der Waals surface area (Å²) in [6, 6.07) is 19.3. The van der Waals surface area contributed by atoms with Crippen molar-refractivity contribution < 1.29 is 4.74 Å². The van der Waals surface area contributed by atoms with Crippen LogP contribution in [0.15, 0.2) is 54.6 Å². The molecular formula is C16H18OSe. The molecule has 0 bridgehead atoms. The van der Waals surface area contributed by atoms with E-state index in [0.717, 1.165) is 5.32 Å². The van der Waals surface area contributed by atoms with Gasteiger partial charge in [-0.05, 0) is 0 Å². The third-order valence-corrected chi connectivity index (χ3v) is 5.13. The Balaban J connectivity index is 1.97. The number of ether oxygens (including phenoxy) is 1. The summed E-state index contributed by atoms with van der Waals surface area (Å²) in [5.41, 5.74) is 2.59. The fourth-order valence-electron chi connectivity index (χ4n) is 1.77. The fourth-order valence-corrected chi connectivity index (χ4v) is 3.87. The Labute approximate surface area is 115 Å². The molecule has 18 heavy (non-hydrogen) atoms. The van der Waals surface area contributed by atoms with Gasteiger partial charge in [-0.3, -0.25) is 0 Å². The molecular weight excluding hydrogens is 287 g/mol. The molecule has 94 valence electrons. The normalized spacial score (nSPS) is 12.3. The van der Waals surface area contributed by atoms with Crippen LogP contribution >= 0.6 is 0 Å². The average molecular weight is 305 g/mol. The van der Waals surface area contributed by atoms with Gasteiger partial charge in [-0.25, -0.2) is 0 Å². The summed E-state index contributed by atoms with van der Waals surface area (Å²) >= 11 is 0.463. The van der Waals surface area contributed by atoms with Gasteiger partial charge in [0, 0.05) is 0 Å². The number of rotatable bonds is 5. The van der Waals surface area contributed by atoms with Crippen LogP contribution < -0.4 is 4.46 Å². The standard InChI is InChI=1S/C16H18OSe/c1-13-8-10-15(11-9-13)18-12-16(17-2)14-6-4-3-5-7-14/h3-11,16H,12H2,1-2H3. The molecule has 0 fully saturated rings. The molecule has 1 atom stereocenters. The minimum absolute atomic E-state index is 0.215. The molecule has 0 amide bonds. The first kappa shape index (κ1) is 13.4. The number of hydrogen-bond donors (Lipinski definition) is 0. The molecule has 0 saturated heterocycles. The molecule has 2 rings (SSSR count). The van der Waals surface area contributed by atoms with Crippen molar-refractivity contribution in [3.8, 4) is 0 Å². The second kappa shape index (κ2) is 6.75. The van der Waals surface area contributed by atoms with Gasteiger partial charge in [0.1, 0.15) is 0 Å². The van der Waals surface area contributed by atoms with Crippen LogP contribution in [0.3, 0.4) is 0 Å². The molecule has 0 aliphatic carbocycles. The predicted octanol–water partition coefficient (Wildman–Crippen LogP) is 3.13. The Morgan fingerprint density at radius 2 is 1.67 bits per heavy atom. The molecule has 1 unspecified atom stereocenters. The topological polar surface area (TPSA) is 9.23 Å². The van der Waals surface area contributed by atoms with Gasteiger partial charge in [0.25, 0.3) is 0 Å². The zero-order chi connectivity index (χ0) is 12.8. The van der Waals surface area contributed by atoms with E-state index in [0.29, 0.717) is 15.0 Å². The van der Waals surface area contributed by atoms with Crippen LogP contribution in [0.4, 0.5) is 0 Å². The quantitative estimate of drug-likeness (QED) is 0.771. The Morgan fingerprint density at radius 1 is 1.00 bits per heavy atom. The molecule has 2 aromatic carbocycles. The summed E-state index contributed by atoms with van der Waals surface area (Å²) in [7, 11) is 1.79. The van der Waals surface area contributed by atoms with Crippen LogP contribution in [-0.4, -0.2) is 22.1 Å². The number of methoxy groups -OCH3 is 1. The van der Waals surface area contributed by atoms with Gasteiger partial charge in [0.15, 0.2) is 0 Å². The number of aryl methyl sites for hydroxylation is 1. The maximum absolute atomic E-state index is 5.60. The molecule has 0 aromatic heterocycles. The van der Waals surface area contributed by atoms with Gasteiger partial charge >= 0.3 is 115 Å². The van der Waals surface area contributed by atoms with Crippen molar-refractivity contribution in [2.45, 2.75) is 18.3 Å². The second-order valence-electron chi connectivity index (χ2n) is 4.26. The number of benzene rings is 2. The summed E-state index contributed by atoms with van der Waals surface area (Å²) in [6.45, 7) is 2.12. The van der Waals surface area contributed by atoms with Gasteiger partial charge in [0.2, 0.25) is 0 Å². The van der Waals surface area contributed by atoms with Crippen LogP contribution in [-0.2, 0) is 4.74 Å². The summed E-state index contributed by atoms with van der Waals surface area (Å²) in [6.07, 6.45) is 0.215. The number of hydrogen-bond acceptors (Lipinski definition) is 1.